The maximum Gasteiger partial charge on any atom is 0.222 e. The van der Waals surface area contributed by atoms with E-state index in [1.165, 1.54) is 6.92 Å². The minimum Gasteiger partial charge on any atom is -0.352 e. The first kappa shape index (κ1) is 19.5. The van der Waals surface area contributed by atoms with Gasteiger partial charge in [-0.05, 0) is 24.3 Å². The SMILES string of the molecule is CC(=O)N(CCC(=O)NC(CN)C1CC1)Cc1ccccc1.Cl. The molecule has 1 atom stereocenters. The molecule has 5 nitrogen and oxygen atoms in total. The second-order valence-electron chi connectivity index (χ2n) is 5.92. The van der Waals surface area contributed by atoms with Crippen molar-refractivity contribution in [2.75, 3.05) is 13.1 Å². The van der Waals surface area contributed by atoms with Gasteiger partial charge in [-0.15, -0.1) is 12.4 Å². The van der Waals surface area contributed by atoms with Crippen LogP contribution in [0.5, 0.6) is 0 Å². The van der Waals surface area contributed by atoms with E-state index in [9.17, 15) is 9.59 Å². The lowest BCUT2D eigenvalue weighted by Crippen LogP contribution is -2.43. The fourth-order valence-corrected chi connectivity index (χ4v) is 2.53. The van der Waals surface area contributed by atoms with Gasteiger partial charge >= 0.3 is 0 Å². The van der Waals surface area contributed by atoms with Gasteiger partial charge in [0.2, 0.25) is 11.8 Å². The summed E-state index contributed by atoms with van der Waals surface area (Å²) in [4.78, 5) is 25.4. The monoisotopic (exact) mass is 339 g/mol. The van der Waals surface area contributed by atoms with Crippen LogP contribution in [0.3, 0.4) is 0 Å². The van der Waals surface area contributed by atoms with E-state index in [4.69, 9.17) is 5.73 Å². The lowest BCUT2D eigenvalue weighted by atomic mass is 10.1. The van der Waals surface area contributed by atoms with Gasteiger partial charge in [0.25, 0.3) is 0 Å². The third-order valence-corrected chi connectivity index (χ3v) is 4.06. The number of carbonyl (C=O) groups excluding carboxylic acids is 2. The highest BCUT2D eigenvalue weighted by atomic mass is 35.5. The Labute approximate surface area is 144 Å². The molecule has 0 aliphatic heterocycles. The average Bonchev–Trinajstić information content (AvgIpc) is 3.34. The van der Waals surface area contributed by atoms with Crippen molar-refractivity contribution < 1.29 is 9.59 Å². The molecule has 1 fully saturated rings. The summed E-state index contributed by atoms with van der Waals surface area (Å²) < 4.78 is 0. The lowest BCUT2D eigenvalue weighted by Gasteiger charge is -2.22. The van der Waals surface area contributed by atoms with E-state index in [1.807, 2.05) is 30.3 Å². The Hall–Kier alpha value is -1.59. The summed E-state index contributed by atoms with van der Waals surface area (Å²) in [6, 6.07) is 9.89. The fraction of sp³-hybridized carbons (Fsp3) is 0.529. The number of halogens is 1. The van der Waals surface area contributed by atoms with Crippen molar-refractivity contribution in [3.8, 4) is 0 Å². The van der Waals surface area contributed by atoms with Gasteiger partial charge in [0.15, 0.2) is 0 Å². The van der Waals surface area contributed by atoms with E-state index >= 15 is 0 Å². The Kier molecular flexibility index (Phi) is 8.06. The zero-order valence-corrected chi connectivity index (χ0v) is 14.3. The number of nitrogens with zero attached hydrogens (tertiary/aromatic N) is 1. The molecular weight excluding hydrogens is 314 g/mol. The average molecular weight is 340 g/mol. The number of benzene rings is 1. The van der Waals surface area contributed by atoms with Gasteiger partial charge in [0.1, 0.15) is 0 Å². The molecule has 1 aromatic rings. The zero-order valence-electron chi connectivity index (χ0n) is 13.5. The van der Waals surface area contributed by atoms with Crippen molar-refractivity contribution in [1.82, 2.24) is 10.2 Å². The van der Waals surface area contributed by atoms with Gasteiger partial charge in [-0.25, -0.2) is 0 Å². The summed E-state index contributed by atoms with van der Waals surface area (Å²) in [5.41, 5.74) is 6.75. The highest BCUT2D eigenvalue weighted by molar-refractivity contribution is 5.85. The molecule has 3 N–H and O–H groups in total. The number of amides is 2. The van der Waals surface area contributed by atoms with Gasteiger partial charge in [0, 0.05) is 39.0 Å². The van der Waals surface area contributed by atoms with Crippen LogP contribution in [0.25, 0.3) is 0 Å². The molecule has 128 valence electrons. The van der Waals surface area contributed by atoms with Crippen molar-refractivity contribution in [3.05, 3.63) is 35.9 Å². The number of nitrogens with two attached hydrogens (primary N) is 1. The maximum absolute atomic E-state index is 12.0. The number of nitrogens with one attached hydrogen (secondary N) is 1. The van der Waals surface area contributed by atoms with Crippen molar-refractivity contribution in [3.63, 3.8) is 0 Å². The third-order valence-electron chi connectivity index (χ3n) is 4.06. The first-order valence-corrected chi connectivity index (χ1v) is 7.89. The van der Waals surface area contributed by atoms with Gasteiger partial charge in [-0.1, -0.05) is 30.3 Å². The molecule has 0 saturated heterocycles. The minimum atomic E-state index is -0.0262. The molecule has 2 rings (SSSR count). The molecule has 1 aliphatic carbocycles. The van der Waals surface area contributed by atoms with Gasteiger partial charge in [-0.2, -0.15) is 0 Å². The van der Waals surface area contributed by atoms with Crippen LogP contribution in [0.15, 0.2) is 30.3 Å². The predicted octanol–water partition coefficient (Wildman–Crippen LogP) is 1.70. The maximum atomic E-state index is 12.0. The Morgan fingerprint density at radius 1 is 1.30 bits per heavy atom. The number of hydrogen-bond donors (Lipinski definition) is 2. The molecule has 1 aliphatic rings. The van der Waals surface area contributed by atoms with Gasteiger partial charge in [0.05, 0.1) is 0 Å². The molecular formula is C17H26ClN3O2. The van der Waals surface area contributed by atoms with Crippen molar-refractivity contribution in [1.29, 1.82) is 0 Å². The van der Waals surface area contributed by atoms with Crippen molar-refractivity contribution in [2.24, 2.45) is 11.7 Å². The lowest BCUT2D eigenvalue weighted by molar-refractivity contribution is -0.130. The predicted molar refractivity (Wildman–Crippen MR) is 93.1 cm³/mol. The van der Waals surface area contributed by atoms with E-state index in [0.29, 0.717) is 32.0 Å². The number of rotatable bonds is 8. The van der Waals surface area contributed by atoms with Crippen LogP contribution in [0.2, 0.25) is 0 Å². The highest BCUT2D eigenvalue weighted by Gasteiger charge is 2.31. The smallest absolute Gasteiger partial charge is 0.222 e. The van der Waals surface area contributed by atoms with E-state index in [2.05, 4.69) is 5.32 Å². The first-order chi connectivity index (χ1) is 10.6. The molecule has 0 bridgehead atoms. The minimum absolute atomic E-state index is 0. The van der Waals surface area contributed by atoms with E-state index in [-0.39, 0.29) is 30.3 Å². The zero-order chi connectivity index (χ0) is 15.9. The molecule has 0 radical (unpaired) electrons. The van der Waals surface area contributed by atoms with Crippen LogP contribution < -0.4 is 11.1 Å². The molecule has 1 aromatic carbocycles. The highest BCUT2D eigenvalue weighted by Crippen LogP contribution is 2.32. The number of hydrogen-bond acceptors (Lipinski definition) is 3. The largest absolute Gasteiger partial charge is 0.352 e. The molecule has 1 saturated carbocycles. The molecule has 0 heterocycles. The standard InChI is InChI=1S/C17H25N3O2.ClH/c1-13(21)20(12-14-5-3-2-4-6-14)10-9-17(22)19-16(11-18)15-7-8-15;/h2-6,15-16H,7-12,18H2,1H3,(H,19,22);1H. The number of carbonyl (C=O) groups is 2. The van der Waals surface area contributed by atoms with Crippen LogP contribution in [-0.2, 0) is 16.1 Å². The van der Waals surface area contributed by atoms with E-state index < -0.39 is 0 Å². The van der Waals surface area contributed by atoms with E-state index in [0.717, 1.165) is 18.4 Å². The first-order valence-electron chi connectivity index (χ1n) is 7.89. The Bertz CT molecular complexity index is 506. The molecule has 2 amide bonds. The van der Waals surface area contributed by atoms with Gasteiger partial charge < -0.3 is 16.0 Å². The van der Waals surface area contributed by atoms with Crippen LogP contribution in [0, 0.1) is 5.92 Å². The quantitative estimate of drug-likeness (QED) is 0.757. The van der Waals surface area contributed by atoms with Crippen LogP contribution in [-0.4, -0.2) is 35.8 Å². The second kappa shape index (κ2) is 9.53. The topological polar surface area (TPSA) is 75.4 Å². The van der Waals surface area contributed by atoms with Crippen molar-refractivity contribution >= 4 is 24.2 Å². The molecule has 1 unspecified atom stereocenters. The normalized spacial score (nSPS) is 14.5. The molecule has 0 spiro atoms. The Balaban J connectivity index is 0.00000264. The molecule has 0 aromatic heterocycles. The summed E-state index contributed by atoms with van der Waals surface area (Å²) in [7, 11) is 0. The second-order valence-corrected chi connectivity index (χ2v) is 5.92. The summed E-state index contributed by atoms with van der Waals surface area (Å²) >= 11 is 0. The Morgan fingerprint density at radius 2 is 1.96 bits per heavy atom. The fourth-order valence-electron chi connectivity index (χ4n) is 2.53. The summed E-state index contributed by atoms with van der Waals surface area (Å²) in [5.74, 6) is 0.498. The van der Waals surface area contributed by atoms with Crippen LogP contribution >= 0.6 is 12.4 Å². The summed E-state index contributed by atoms with van der Waals surface area (Å²) in [6.07, 6.45) is 2.61. The third kappa shape index (κ3) is 6.59. The van der Waals surface area contributed by atoms with Crippen molar-refractivity contribution in [2.45, 2.75) is 38.8 Å². The molecule has 6 heteroatoms. The van der Waals surface area contributed by atoms with Crippen LogP contribution in [0.1, 0.15) is 31.7 Å². The van der Waals surface area contributed by atoms with Crippen LogP contribution in [0.4, 0.5) is 0 Å². The van der Waals surface area contributed by atoms with E-state index in [1.54, 1.807) is 4.90 Å². The van der Waals surface area contributed by atoms with Gasteiger partial charge in [-0.3, -0.25) is 9.59 Å². The Morgan fingerprint density at radius 3 is 2.48 bits per heavy atom. The summed E-state index contributed by atoms with van der Waals surface area (Å²) in [6.45, 7) is 2.98. The molecule has 23 heavy (non-hydrogen) atoms. The summed E-state index contributed by atoms with van der Waals surface area (Å²) in [5, 5.41) is 2.98.